The van der Waals surface area contributed by atoms with E-state index in [1.54, 1.807) is 0 Å². The van der Waals surface area contributed by atoms with Crippen LogP contribution in [0.3, 0.4) is 0 Å². The molecule has 0 amide bonds. The maximum Gasteiger partial charge on any atom is 0.671 e. The predicted octanol–water partition coefficient (Wildman–Crippen LogP) is -1.53. The fourth-order valence-electron chi connectivity index (χ4n) is 0.552. The van der Waals surface area contributed by atoms with Gasteiger partial charge in [-0.2, -0.15) is 0 Å². The molecule has 0 heterocycles. The van der Waals surface area contributed by atoms with Crippen molar-refractivity contribution in [1.82, 2.24) is 0 Å². The van der Waals surface area contributed by atoms with Gasteiger partial charge in [0.1, 0.15) is 0 Å². The quantitative estimate of drug-likeness (QED) is 0.206. The molecule has 72 valence electrons. The number of hydrogen-bond donors (Lipinski definition) is 3. The Morgan fingerprint density at radius 3 is 2.33 bits per heavy atom. The van der Waals surface area contributed by atoms with Crippen LogP contribution in [0.5, 0.6) is 0 Å². The largest absolute Gasteiger partial charge is 0.671 e. The molecule has 0 bridgehead atoms. The molecule has 0 atom stereocenters. The SMILES string of the molecule is O=[N+]([O-])CCCCO[Si](O)(O)O. The second-order valence-electron chi connectivity index (χ2n) is 2.19. The first-order valence-electron chi connectivity index (χ1n) is 3.34. The average molecular weight is 197 g/mol. The lowest BCUT2D eigenvalue weighted by Gasteiger charge is -2.08. The fraction of sp³-hybridized carbons (Fsp3) is 1.00. The summed E-state index contributed by atoms with van der Waals surface area (Å²) >= 11 is 0. The minimum Gasteiger partial charge on any atom is -0.368 e. The second kappa shape index (κ2) is 5.16. The van der Waals surface area contributed by atoms with Crippen LogP contribution in [0, 0.1) is 10.1 Å². The van der Waals surface area contributed by atoms with Gasteiger partial charge < -0.3 is 18.8 Å². The molecule has 0 radical (unpaired) electrons. The Balaban J connectivity index is 3.17. The van der Waals surface area contributed by atoms with Gasteiger partial charge in [0.2, 0.25) is 6.54 Å². The molecular formula is C4H11NO6Si. The highest BCUT2D eigenvalue weighted by Gasteiger charge is 2.29. The van der Waals surface area contributed by atoms with Crippen molar-refractivity contribution in [3.8, 4) is 0 Å². The van der Waals surface area contributed by atoms with E-state index in [1.807, 2.05) is 0 Å². The van der Waals surface area contributed by atoms with E-state index in [2.05, 4.69) is 4.43 Å². The predicted molar refractivity (Wildman–Crippen MR) is 39.5 cm³/mol. The van der Waals surface area contributed by atoms with Gasteiger partial charge in [-0.1, -0.05) is 0 Å². The number of nitrogens with zero attached hydrogens (tertiary/aromatic N) is 1. The Kier molecular flexibility index (Phi) is 4.93. The summed E-state index contributed by atoms with van der Waals surface area (Å²) in [5, 5.41) is 9.78. The van der Waals surface area contributed by atoms with Crippen molar-refractivity contribution in [2.24, 2.45) is 0 Å². The molecule has 0 aliphatic rings. The highest BCUT2D eigenvalue weighted by atomic mass is 28.4. The monoisotopic (exact) mass is 197 g/mol. The smallest absolute Gasteiger partial charge is 0.368 e. The summed E-state index contributed by atoms with van der Waals surface area (Å²) in [7, 11) is -4.40. The summed E-state index contributed by atoms with van der Waals surface area (Å²) in [5.41, 5.74) is 0. The zero-order valence-corrected chi connectivity index (χ0v) is 7.34. The molecule has 0 unspecified atom stereocenters. The van der Waals surface area contributed by atoms with Gasteiger partial charge in [0.15, 0.2) is 0 Å². The summed E-state index contributed by atoms with van der Waals surface area (Å²) in [5.74, 6) is 0. The van der Waals surface area contributed by atoms with Crippen molar-refractivity contribution in [2.45, 2.75) is 12.8 Å². The Labute approximate surface area is 69.9 Å². The van der Waals surface area contributed by atoms with Crippen LogP contribution in [-0.2, 0) is 4.43 Å². The van der Waals surface area contributed by atoms with Gasteiger partial charge in [-0.05, 0) is 6.42 Å². The molecule has 0 rings (SSSR count). The van der Waals surface area contributed by atoms with E-state index in [4.69, 9.17) is 14.4 Å². The fourth-order valence-corrected chi connectivity index (χ4v) is 0.970. The van der Waals surface area contributed by atoms with Gasteiger partial charge in [-0.25, -0.2) is 0 Å². The Hall–Kier alpha value is -0.543. The third-order valence-electron chi connectivity index (χ3n) is 1.03. The van der Waals surface area contributed by atoms with Crippen molar-refractivity contribution >= 4 is 9.05 Å². The number of nitro groups is 1. The van der Waals surface area contributed by atoms with Gasteiger partial charge in [-0.15, -0.1) is 0 Å². The highest BCUT2D eigenvalue weighted by molar-refractivity contribution is 6.48. The first kappa shape index (κ1) is 11.5. The molecule has 0 fully saturated rings. The standard InChI is InChI=1S/C4H11NO6Si/c6-5(7)3-1-2-4-11-12(8,9)10/h8-10H,1-4H2. The Morgan fingerprint density at radius 2 is 1.92 bits per heavy atom. The molecular weight excluding hydrogens is 186 g/mol. The second-order valence-corrected chi connectivity index (χ2v) is 3.62. The molecule has 0 aromatic rings. The van der Waals surface area contributed by atoms with Crippen molar-refractivity contribution in [2.75, 3.05) is 13.2 Å². The molecule has 0 aliphatic heterocycles. The van der Waals surface area contributed by atoms with E-state index < -0.39 is 14.0 Å². The van der Waals surface area contributed by atoms with Crippen LogP contribution in [0.25, 0.3) is 0 Å². The van der Waals surface area contributed by atoms with Gasteiger partial charge in [0.05, 0.1) is 0 Å². The molecule has 0 spiro atoms. The van der Waals surface area contributed by atoms with E-state index in [0.717, 1.165) is 0 Å². The normalized spacial score (nSPS) is 11.6. The minimum absolute atomic E-state index is 0.0798. The first-order valence-corrected chi connectivity index (χ1v) is 5.09. The summed E-state index contributed by atoms with van der Waals surface area (Å²) in [6.45, 7) is -0.260. The molecule has 0 saturated carbocycles. The lowest BCUT2D eigenvalue weighted by Crippen LogP contribution is -2.39. The molecule has 0 aromatic heterocycles. The molecule has 3 N–H and O–H groups in total. The van der Waals surface area contributed by atoms with Gasteiger partial charge >= 0.3 is 9.05 Å². The third-order valence-corrected chi connectivity index (χ3v) is 1.62. The number of rotatable bonds is 6. The van der Waals surface area contributed by atoms with E-state index in [9.17, 15) is 10.1 Å². The molecule has 0 aliphatic carbocycles. The van der Waals surface area contributed by atoms with E-state index >= 15 is 0 Å². The van der Waals surface area contributed by atoms with E-state index in [-0.39, 0.29) is 19.6 Å². The maximum atomic E-state index is 9.78. The Morgan fingerprint density at radius 1 is 1.33 bits per heavy atom. The van der Waals surface area contributed by atoms with Crippen LogP contribution in [0.2, 0.25) is 0 Å². The van der Waals surface area contributed by atoms with Crippen LogP contribution in [0.4, 0.5) is 0 Å². The van der Waals surface area contributed by atoms with E-state index in [0.29, 0.717) is 6.42 Å². The summed E-state index contributed by atoms with van der Waals surface area (Å²) in [6, 6.07) is 0. The van der Waals surface area contributed by atoms with Gasteiger partial charge in [0, 0.05) is 18.0 Å². The summed E-state index contributed by atoms with van der Waals surface area (Å²) < 4.78 is 4.19. The van der Waals surface area contributed by atoms with Crippen LogP contribution in [0.1, 0.15) is 12.8 Å². The van der Waals surface area contributed by atoms with Crippen molar-refractivity contribution in [3.05, 3.63) is 10.1 Å². The molecule has 7 nitrogen and oxygen atoms in total. The molecule has 0 aromatic carbocycles. The zero-order valence-electron chi connectivity index (χ0n) is 6.34. The molecule has 0 saturated heterocycles. The van der Waals surface area contributed by atoms with Crippen LogP contribution in [0.15, 0.2) is 0 Å². The van der Waals surface area contributed by atoms with Gasteiger partial charge in [0.25, 0.3) is 0 Å². The van der Waals surface area contributed by atoms with Gasteiger partial charge in [-0.3, -0.25) is 10.1 Å². The van der Waals surface area contributed by atoms with Crippen molar-refractivity contribution < 1.29 is 23.7 Å². The lowest BCUT2D eigenvalue weighted by molar-refractivity contribution is -0.480. The van der Waals surface area contributed by atoms with Crippen molar-refractivity contribution in [1.29, 1.82) is 0 Å². The van der Waals surface area contributed by atoms with Crippen LogP contribution >= 0.6 is 0 Å². The summed E-state index contributed by atoms with van der Waals surface area (Å²) in [6.07, 6.45) is 0.606. The van der Waals surface area contributed by atoms with E-state index in [1.165, 1.54) is 0 Å². The maximum absolute atomic E-state index is 9.78. The van der Waals surface area contributed by atoms with Crippen LogP contribution in [-0.4, -0.2) is 41.5 Å². The minimum atomic E-state index is -4.40. The summed E-state index contributed by atoms with van der Waals surface area (Å²) in [4.78, 5) is 34.3. The highest BCUT2D eigenvalue weighted by Crippen LogP contribution is 1.94. The lowest BCUT2D eigenvalue weighted by atomic mass is 10.3. The zero-order chi connectivity index (χ0) is 9.61. The molecule has 12 heavy (non-hydrogen) atoms. The number of hydrogen-bond acceptors (Lipinski definition) is 6. The molecule has 8 heteroatoms. The topological polar surface area (TPSA) is 113 Å². The third kappa shape index (κ3) is 9.46. The average Bonchev–Trinajstić information content (AvgIpc) is 1.83. The van der Waals surface area contributed by atoms with Crippen molar-refractivity contribution in [3.63, 3.8) is 0 Å². The number of unbranched alkanes of at least 4 members (excludes halogenated alkanes) is 1. The first-order chi connectivity index (χ1) is 5.42. The Bertz CT molecular complexity index is 145. The van der Waals surface area contributed by atoms with Crippen LogP contribution < -0.4 is 0 Å².